The number of benzene rings is 2. The van der Waals surface area contributed by atoms with Crippen molar-refractivity contribution in [2.45, 2.75) is 79.1 Å². The SMILES string of the molecule is COC(=O)c1ccc(-c2nc(CCOc3ccc(CCC(=O)OC(C)(C)C)c(CNC(=O)OC(C)C)c3)c(C)o2)cc1. The fourth-order valence-electron chi connectivity index (χ4n) is 4.07. The summed E-state index contributed by atoms with van der Waals surface area (Å²) in [6.45, 7) is 11.4. The van der Waals surface area contributed by atoms with Crippen molar-refractivity contribution in [2.24, 2.45) is 0 Å². The fraction of sp³-hybridized carbons (Fsp3) is 0.438. The van der Waals surface area contributed by atoms with E-state index in [4.69, 9.17) is 23.4 Å². The summed E-state index contributed by atoms with van der Waals surface area (Å²) in [5.41, 5.74) is 3.10. The summed E-state index contributed by atoms with van der Waals surface area (Å²) >= 11 is 0. The summed E-state index contributed by atoms with van der Waals surface area (Å²) in [6.07, 6.45) is 0.398. The highest BCUT2D eigenvalue weighted by atomic mass is 16.6. The van der Waals surface area contributed by atoms with Crippen LogP contribution in [0.5, 0.6) is 5.75 Å². The molecular weight excluding hydrogens is 540 g/mol. The molecule has 2 aromatic carbocycles. The lowest BCUT2D eigenvalue weighted by Gasteiger charge is -2.20. The van der Waals surface area contributed by atoms with Gasteiger partial charge in [0, 0.05) is 24.9 Å². The monoisotopic (exact) mass is 580 g/mol. The van der Waals surface area contributed by atoms with Crippen LogP contribution < -0.4 is 10.1 Å². The van der Waals surface area contributed by atoms with E-state index in [2.05, 4.69) is 10.3 Å². The normalized spacial score (nSPS) is 11.2. The zero-order chi connectivity index (χ0) is 30.9. The Morgan fingerprint density at radius 1 is 1.00 bits per heavy atom. The van der Waals surface area contributed by atoms with Crippen LogP contribution in [0.1, 0.15) is 74.0 Å². The van der Waals surface area contributed by atoms with Gasteiger partial charge >= 0.3 is 18.0 Å². The second-order valence-corrected chi connectivity index (χ2v) is 11.0. The Hall–Kier alpha value is -4.34. The number of esters is 2. The molecule has 3 rings (SSSR count). The molecule has 3 aromatic rings. The highest BCUT2D eigenvalue weighted by Gasteiger charge is 2.18. The van der Waals surface area contributed by atoms with Crippen LogP contribution in [0.15, 0.2) is 46.9 Å². The maximum atomic E-state index is 12.3. The van der Waals surface area contributed by atoms with Gasteiger partial charge in [0.2, 0.25) is 5.89 Å². The molecule has 10 nitrogen and oxygen atoms in total. The number of hydrogen-bond donors (Lipinski definition) is 1. The number of carbonyl (C=O) groups is 3. The number of methoxy groups -OCH3 is 1. The van der Waals surface area contributed by atoms with Crippen molar-refractivity contribution in [3.05, 3.63) is 70.6 Å². The Labute approximate surface area is 246 Å². The van der Waals surface area contributed by atoms with Gasteiger partial charge in [0.25, 0.3) is 0 Å². The molecule has 0 saturated carbocycles. The number of aromatic nitrogens is 1. The van der Waals surface area contributed by atoms with Gasteiger partial charge in [-0.05, 0) is 95.5 Å². The van der Waals surface area contributed by atoms with Crippen LogP contribution in [0.25, 0.3) is 11.5 Å². The molecule has 226 valence electrons. The molecule has 1 heterocycles. The van der Waals surface area contributed by atoms with Gasteiger partial charge in [-0.15, -0.1) is 0 Å². The lowest BCUT2D eigenvalue weighted by molar-refractivity contribution is -0.154. The van der Waals surface area contributed by atoms with Gasteiger partial charge in [0.15, 0.2) is 0 Å². The maximum Gasteiger partial charge on any atom is 0.407 e. The predicted octanol–water partition coefficient (Wildman–Crippen LogP) is 5.97. The second kappa shape index (κ2) is 14.5. The van der Waals surface area contributed by atoms with Gasteiger partial charge in [-0.3, -0.25) is 4.79 Å². The van der Waals surface area contributed by atoms with Crippen molar-refractivity contribution in [1.82, 2.24) is 10.3 Å². The predicted molar refractivity (Wildman–Crippen MR) is 156 cm³/mol. The van der Waals surface area contributed by atoms with Crippen molar-refractivity contribution >= 4 is 18.0 Å². The third kappa shape index (κ3) is 9.94. The molecule has 0 spiro atoms. The first-order valence-electron chi connectivity index (χ1n) is 13.9. The van der Waals surface area contributed by atoms with E-state index in [0.717, 1.165) is 22.4 Å². The first-order valence-corrected chi connectivity index (χ1v) is 13.9. The Balaban J connectivity index is 1.66. The molecule has 1 N–H and O–H groups in total. The largest absolute Gasteiger partial charge is 0.493 e. The number of amides is 1. The average molecular weight is 581 g/mol. The van der Waals surface area contributed by atoms with Gasteiger partial charge in [-0.2, -0.15) is 0 Å². The number of carbonyl (C=O) groups excluding carboxylic acids is 3. The minimum Gasteiger partial charge on any atom is -0.493 e. The zero-order valence-electron chi connectivity index (χ0n) is 25.4. The molecule has 42 heavy (non-hydrogen) atoms. The molecule has 10 heteroatoms. The van der Waals surface area contributed by atoms with Crippen molar-refractivity contribution < 1.29 is 37.7 Å². The first-order chi connectivity index (χ1) is 19.8. The minimum absolute atomic E-state index is 0.208. The van der Waals surface area contributed by atoms with Gasteiger partial charge in [-0.25, -0.2) is 14.6 Å². The van der Waals surface area contributed by atoms with E-state index in [1.54, 1.807) is 38.1 Å². The molecule has 0 aliphatic rings. The number of nitrogens with zero attached hydrogens (tertiary/aromatic N) is 1. The van der Waals surface area contributed by atoms with Crippen LogP contribution in [-0.2, 0) is 38.4 Å². The number of ether oxygens (including phenoxy) is 4. The quantitative estimate of drug-likeness (QED) is 0.204. The summed E-state index contributed by atoms with van der Waals surface area (Å²) in [6, 6.07) is 12.4. The summed E-state index contributed by atoms with van der Waals surface area (Å²) in [5.74, 6) is 1.05. The van der Waals surface area contributed by atoms with E-state index >= 15 is 0 Å². The molecule has 0 unspecified atom stereocenters. The van der Waals surface area contributed by atoms with Crippen LogP contribution >= 0.6 is 0 Å². The molecule has 0 aliphatic carbocycles. The summed E-state index contributed by atoms with van der Waals surface area (Å²) in [4.78, 5) is 40.7. The van der Waals surface area contributed by atoms with Crippen molar-refractivity contribution in [2.75, 3.05) is 13.7 Å². The highest BCUT2D eigenvalue weighted by Crippen LogP contribution is 2.24. The third-order valence-corrected chi connectivity index (χ3v) is 6.02. The number of oxazole rings is 1. The molecule has 1 aromatic heterocycles. The second-order valence-electron chi connectivity index (χ2n) is 11.0. The van der Waals surface area contributed by atoms with Crippen LogP contribution in [0, 0.1) is 6.92 Å². The van der Waals surface area contributed by atoms with Crippen LogP contribution in [0.4, 0.5) is 4.79 Å². The standard InChI is InChI=1S/C32H40N2O8/c1-20(2)40-31(37)33-19-25-18-26(14-12-22(25)13-15-28(35)42-32(4,5)6)39-17-16-27-21(3)41-29(34-27)23-8-10-24(11-9-23)30(36)38-7/h8-12,14,18,20H,13,15-17,19H2,1-7H3,(H,33,37). The zero-order valence-corrected chi connectivity index (χ0v) is 25.4. The number of hydrogen-bond acceptors (Lipinski definition) is 9. The number of aryl methyl sites for hydroxylation is 2. The maximum absolute atomic E-state index is 12.3. The summed E-state index contributed by atoms with van der Waals surface area (Å²) in [7, 11) is 1.34. The number of rotatable bonds is 12. The van der Waals surface area contributed by atoms with Crippen molar-refractivity contribution in [1.29, 1.82) is 0 Å². The van der Waals surface area contributed by atoms with Gasteiger partial charge < -0.3 is 28.7 Å². The van der Waals surface area contributed by atoms with E-state index in [9.17, 15) is 14.4 Å². The molecule has 0 saturated heterocycles. The molecule has 0 bridgehead atoms. The smallest absolute Gasteiger partial charge is 0.407 e. The van der Waals surface area contributed by atoms with Crippen LogP contribution in [0.3, 0.4) is 0 Å². The molecule has 1 amide bonds. The number of nitrogens with one attached hydrogen (secondary N) is 1. The Bertz CT molecular complexity index is 1370. The van der Waals surface area contributed by atoms with E-state index in [1.807, 2.05) is 45.9 Å². The lowest BCUT2D eigenvalue weighted by atomic mass is 10.0. The summed E-state index contributed by atoms with van der Waals surface area (Å²) < 4.78 is 27.2. The van der Waals surface area contributed by atoms with Gasteiger partial charge in [0.05, 0.1) is 31.1 Å². The van der Waals surface area contributed by atoms with E-state index in [0.29, 0.717) is 42.4 Å². The lowest BCUT2D eigenvalue weighted by Crippen LogP contribution is -2.27. The topological polar surface area (TPSA) is 126 Å². The third-order valence-electron chi connectivity index (χ3n) is 6.02. The molecule has 0 aliphatic heterocycles. The van der Waals surface area contributed by atoms with Crippen molar-refractivity contribution in [3.8, 4) is 17.2 Å². The van der Waals surface area contributed by atoms with E-state index in [1.165, 1.54) is 7.11 Å². The highest BCUT2D eigenvalue weighted by molar-refractivity contribution is 5.89. The fourth-order valence-corrected chi connectivity index (χ4v) is 4.07. The van der Waals surface area contributed by atoms with Gasteiger partial charge in [0.1, 0.15) is 17.1 Å². The minimum atomic E-state index is -0.558. The molecular formula is C32H40N2O8. The molecule has 0 atom stereocenters. The van der Waals surface area contributed by atoms with E-state index < -0.39 is 17.7 Å². The molecule has 0 radical (unpaired) electrons. The van der Waals surface area contributed by atoms with Gasteiger partial charge in [-0.1, -0.05) is 6.07 Å². The van der Waals surface area contributed by atoms with Crippen molar-refractivity contribution in [3.63, 3.8) is 0 Å². The number of alkyl carbamates (subject to hydrolysis) is 1. The summed E-state index contributed by atoms with van der Waals surface area (Å²) in [5, 5.41) is 2.76. The molecule has 0 fully saturated rings. The Kier molecular flexibility index (Phi) is 11.1. The van der Waals surface area contributed by atoms with Crippen LogP contribution in [-0.4, -0.2) is 48.4 Å². The average Bonchev–Trinajstić information content (AvgIpc) is 3.29. The Morgan fingerprint density at radius 2 is 1.71 bits per heavy atom. The van der Waals surface area contributed by atoms with E-state index in [-0.39, 0.29) is 25.0 Å². The first kappa shape index (κ1) is 32.2. The van der Waals surface area contributed by atoms with Crippen LogP contribution in [0.2, 0.25) is 0 Å². The Morgan fingerprint density at radius 3 is 2.36 bits per heavy atom.